The molecule has 1 saturated heterocycles. The number of anilines is 1. The van der Waals surface area contributed by atoms with Crippen molar-refractivity contribution in [2.24, 2.45) is 0 Å². The third-order valence-electron chi connectivity index (χ3n) is 5.67. The third-order valence-corrected chi connectivity index (χ3v) is 6.21. The smallest absolute Gasteiger partial charge is 0.225 e. The van der Waals surface area contributed by atoms with Crippen molar-refractivity contribution >= 4 is 29.2 Å². The van der Waals surface area contributed by atoms with Crippen molar-refractivity contribution in [3.8, 4) is 17.0 Å². The Morgan fingerprint density at radius 3 is 2.69 bits per heavy atom. The molecule has 1 fully saturated rings. The average molecular weight is 527 g/mol. The molecule has 0 aliphatic carbocycles. The van der Waals surface area contributed by atoms with Crippen molar-refractivity contribution in [2.75, 3.05) is 32.2 Å². The van der Waals surface area contributed by atoms with Gasteiger partial charge in [-0.25, -0.2) is 19.6 Å². The molecule has 0 spiro atoms. The summed E-state index contributed by atoms with van der Waals surface area (Å²) in [5.74, 6) is 0.216. The lowest BCUT2D eigenvalue weighted by molar-refractivity contribution is -0.190. The molecular weight excluding hydrogens is 503 g/mol. The lowest BCUT2D eigenvalue weighted by Gasteiger charge is -2.29. The Hall–Kier alpha value is -3.24. The van der Waals surface area contributed by atoms with Crippen LogP contribution in [-0.4, -0.2) is 58.1 Å². The van der Waals surface area contributed by atoms with Crippen LogP contribution >= 0.6 is 23.2 Å². The first-order chi connectivity index (χ1) is 17.4. The van der Waals surface area contributed by atoms with E-state index in [9.17, 15) is 0 Å². The van der Waals surface area contributed by atoms with Crippen molar-refractivity contribution in [1.82, 2.24) is 24.7 Å². The van der Waals surface area contributed by atoms with Crippen molar-refractivity contribution < 1.29 is 14.2 Å². The molecule has 4 aromatic rings. The van der Waals surface area contributed by atoms with Gasteiger partial charge in [0, 0.05) is 36.4 Å². The van der Waals surface area contributed by atoms with Crippen LogP contribution in [-0.2, 0) is 21.8 Å². The number of hydrogen-bond donors (Lipinski definition) is 0. The van der Waals surface area contributed by atoms with Crippen LogP contribution in [0.4, 0.5) is 5.95 Å². The average Bonchev–Trinajstić information content (AvgIpc) is 3.54. The Balaban J connectivity index is 1.28. The quantitative estimate of drug-likeness (QED) is 0.332. The van der Waals surface area contributed by atoms with E-state index in [1.807, 2.05) is 49.3 Å². The van der Waals surface area contributed by atoms with Crippen LogP contribution in [0.25, 0.3) is 11.3 Å². The fourth-order valence-corrected chi connectivity index (χ4v) is 4.47. The third kappa shape index (κ3) is 5.29. The molecule has 36 heavy (non-hydrogen) atoms. The highest BCUT2D eigenvalue weighted by Gasteiger charge is 2.45. The summed E-state index contributed by atoms with van der Waals surface area (Å²) in [6, 6.07) is 14.8. The number of hydrogen-bond acceptors (Lipinski definition) is 8. The normalized spacial score (nSPS) is 19.4. The molecule has 11 heteroatoms. The number of benzene rings is 2. The second-order valence-electron chi connectivity index (χ2n) is 8.49. The molecule has 3 heterocycles. The predicted octanol–water partition coefficient (Wildman–Crippen LogP) is 4.46. The second kappa shape index (κ2) is 10.4. The minimum Gasteiger partial charge on any atom is -0.491 e. The molecule has 2 aromatic carbocycles. The maximum absolute atomic E-state index is 6.52. The van der Waals surface area contributed by atoms with Gasteiger partial charge in [-0.2, -0.15) is 5.10 Å². The van der Waals surface area contributed by atoms with Crippen molar-refractivity contribution in [1.29, 1.82) is 0 Å². The van der Waals surface area contributed by atoms with Crippen LogP contribution in [0.2, 0.25) is 10.0 Å². The van der Waals surface area contributed by atoms with E-state index in [-0.39, 0.29) is 12.6 Å². The zero-order valence-electron chi connectivity index (χ0n) is 19.7. The van der Waals surface area contributed by atoms with Crippen LogP contribution in [0.5, 0.6) is 5.75 Å². The standard InChI is InChI=1S/C25H24Cl2N6O3/c1-32(2)24-29-10-9-23(31-24)17-3-6-19(7-4-17)34-12-20-13-35-25(36-20,14-33-16-28-15-30-33)21-8-5-18(26)11-22(21)27/h3-11,15-16,20H,12-14H2,1-2H3/t20-,25-/m1/s1. The highest BCUT2D eigenvalue weighted by atomic mass is 35.5. The van der Waals surface area contributed by atoms with Gasteiger partial charge in [-0.05, 0) is 42.5 Å². The number of rotatable bonds is 8. The minimum atomic E-state index is -1.15. The molecule has 0 unspecified atom stereocenters. The van der Waals surface area contributed by atoms with Gasteiger partial charge in [0.15, 0.2) is 0 Å². The SMILES string of the molecule is CN(C)c1nccc(-c2ccc(OC[C@@H]3CO[C@@](Cn4cncn4)(c4ccc(Cl)cc4Cl)O3)cc2)n1. The number of aromatic nitrogens is 5. The fourth-order valence-electron chi connectivity index (χ4n) is 3.92. The van der Waals surface area contributed by atoms with Gasteiger partial charge < -0.3 is 19.1 Å². The summed E-state index contributed by atoms with van der Waals surface area (Å²) in [6.45, 7) is 0.884. The zero-order valence-corrected chi connectivity index (χ0v) is 21.2. The van der Waals surface area contributed by atoms with Gasteiger partial charge in [0.1, 0.15) is 37.7 Å². The van der Waals surface area contributed by atoms with E-state index in [4.69, 9.17) is 37.4 Å². The predicted molar refractivity (Wildman–Crippen MR) is 136 cm³/mol. The largest absolute Gasteiger partial charge is 0.491 e. The van der Waals surface area contributed by atoms with E-state index in [2.05, 4.69) is 20.1 Å². The molecule has 0 saturated carbocycles. The second-order valence-corrected chi connectivity index (χ2v) is 9.34. The highest BCUT2D eigenvalue weighted by Crippen LogP contribution is 2.40. The van der Waals surface area contributed by atoms with Gasteiger partial charge in [0.05, 0.1) is 17.3 Å². The van der Waals surface area contributed by atoms with Gasteiger partial charge in [-0.1, -0.05) is 29.3 Å². The molecule has 2 aromatic heterocycles. The first-order valence-corrected chi connectivity index (χ1v) is 12.0. The molecule has 0 bridgehead atoms. The molecule has 0 N–H and O–H groups in total. The maximum Gasteiger partial charge on any atom is 0.225 e. The van der Waals surface area contributed by atoms with Gasteiger partial charge in [-0.3, -0.25) is 0 Å². The molecule has 5 rings (SSSR count). The topological polar surface area (TPSA) is 87.4 Å². The summed E-state index contributed by atoms with van der Waals surface area (Å²) in [5, 5.41) is 5.17. The van der Waals surface area contributed by atoms with Crippen LogP contribution in [0.1, 0.15) is 5.56 Å². The molecular formula is C25H24Cl2N6O3. The molecule has 9 nitrogen and oxygen atoms in total. The van der Waals surface area contributed by atoms with E-state index in [1.54, 1.807) is 35.4 Å². The van der Waals surface area contributed by atoms with Gasteiger partial charge >= 0.3 is 0 Å². The van der Waals surface area contributed by atoms with Crippen LogP contribution < -0.4 is 9.64 Å². The summed E-state index contributed by atoms with van der Waals surface area (Å²) in [4.78, 5) is 14.7. The Labute approximate surface area is 218 Å². The first-order valence-electron chi connectivity index (χ1n) is 11.3. The lowest BCUT2D eigenvalue weighted by Crippen LogP contribution is -2.35. The molecule has 0 radical (unpaired) electrons. The van der Waals surface area contributed by atoms with E-state index in [0.29, 0.717) is 40.5 Å². The van der Waals surface area contributed by atoms with Crippen molar-refractivity contribution in [3.63, 3.8) is 0 Å². The van der Waals surface area contributed by atoms with Gasteiger partial charge in [0.25, 0.3) is 0 Å². The monoisotopic (exact) mass is 526 g/mol. The Kier molecular flexibility index (Phi) is 7.06. The van der Waals surface area contributed by atoms with Gasteiger partial charge in [0.2, 0.25) is 11.7 Å². The molecule has 2 atom stereocenters. The van der Waals surface area contributed by atoms with E-state index in [1.165, 1.54) is 6.33 Å². The molecule has 1 aliphatic rings. The Morgan fingerprint density at radius 1 is 1.14 bits per heavy atom. The summed E-state index contributed by atoms with van der Waals surface area (Å²) in [5.41, 5.74) is 2.47. The molecule has 0 amide bonds. The summed E-state index contributed by atoms with van der Waals surface area (Å²) in [7, 11) is 3.82. The van der Waals surface area contributed by atoms with Crippen molar-refractivity contribution in [2.45, 2.75) is 18.4 Å². The summed E-state index contributed by atoms with van der Waals surface area (Å²) in [6.07, 6.45) is 4.48. The first kappa shape index (κ1) is 24.5. The summed E-state index contributed by atoms with van der Waals surface area (Å²) < 4.78 is 20.2. The Morgan fingerprint density at radius 2 is 1.97 bits per heavy atom. The summed E-state index contributed by atoms with van der Waals surface area (Å²) >= 11 is 12.6. The van der Waals surface area contributed by atoms with Crippen LogP contribution in [0, 0.1) is 0 Å². The Bertz CT molecular complexity index is 1320. The van der Waals surface area contributed by atoms with Crippen molar-refractivity contribution in [3.05, 3.63) is 83.0 Å². The maximum atomic E-state index is 6.52. The number of ether oxygens (including phenoxy) is 3. The van der Waals surface area contributed by atoms with E-state index in [0.717, 1.165) is 11.3 Å². The zero-order chi connectivity index (χ0) is 25.1. The van der Waals surface area contributed by atoms with E-state index >= 15 is 0 Å². The molecule has 186 valence electrons. The van der Waals surface area contributed by atoms with E-state index < -0.39 is 5.79 Å². The minimum absolute atomic E-state index is 0.271. The van der Waals surface area contributed by atoms with Crippen LogP contribution in [0.3, 0.4) is 0 Å². The fraction of sp³-hybridized carbons (Fsp3) is 0.280. The van der Waals surface area contributed by atoms with Crippen LogP contribution in [0.15, 0.2) is 67.4 Å². The number of halogens is 2. The van der Waals surface area contributed by atoms with Gasteiger partial charge in [-0.15, -0.1) is 0 Å². The molecule has 1 aliphatic heterocycles. The number of nitrogens with zero attached hydrogens (tertiary/aromatic N) is 6. The highest BCUT2D eigenvalue weighted by molar-refractivity contribution is 6.35. The lowest BCUT2D eigenvalue weighted by atomic mass is 10.1.